The summed E-state index contributed by atoms with van der Waals surface area (Å²) < 4.78 is 6.25. The molecule has 0 radical (unpaired) electrons. The second-order valence-corrected chi connectivity index (χ2v) is 7.39. The minimum absolute atomic E-state index is 0.241. The van der Waals surface area contributed by atoms with Crippen LogP contribution >= 0.6 is 0 Å². The van der Waals surface area contributed by atoms with Crippen LogP contribution in [0.5, 0.6) is 0 Å². The summed E-state index contributed by atoms with van der Waals surface area (Å²) in [6, 6.07) is 9.40. The lowest BCUT2D eigenvalue weighted by atomic mass is 9.77. The maximum atomic E-state index is 6.25. The Morgan fingerprint density at radius 3 is 2.96 bits per heavy atom. The molecule has 0 aromatic heterocycles. The van der Waals surface area contributed by atoms with Crippen molar-refractivity contribution in [3.8, 4) is 0 Å². The lowest BCUT2D eigenvalue weighted by Crippen LogP contribution is -2.56. The number of piperazine rings is 1. The van der Waals surface area contributed by atoms with Crippen molar-refractivity contribution in [1.82, 2.24) is 15.5 Å². The maximum absolute atomic E-state index is 6.25. The Morgan fingerprint density at radius 1 is 1.24 bits per heavy atom. The Balaban J connectivity index is 1.63. The summed E-state index contributed by atoms with van der Waals surface area (Å²) in [5.74, 6) is 0.571. The summed E-state index contributed by atoms with van der Waals surface area (Å²) >= 11 is 0. The zero-order chi connectivity index (χ0) is 17.5. The summed E-state index contributed by atoms with van der Waals surface area (Å²) in [6.07, 6.45) is 3.86. The van der Waals surface area contributed by atoms with Gasteiger partial charge in [-0.3, -0.25) is 4.90 Å². The van der Waals surface area contributed by atoms with Crippen LogP contribution in [-0.4, -0.2) is 56.8 Å². The monoisotopic (exact) mass is 345 g/mol. The molecule has 4 nitrogen and oxygen atoms in total. The molecule has 0 amide bonds. The van der Waals surface area contributed by atoms with Crippen molar-refractivity contribution in [3.63, 3.8) is 0 Å². The second-order valence-electron chi connectivity index (χ2n) is 7.39. The molecule has 0 spiro atoms. The van der Waals surface area contributed by atoms with Crippen LogP contribution in [0.3, 0.4) is 0 Å². The van der Waals surface area contributed by atoms with E-state index in [9.17, 15) is 0 Å². The van der Waals surface area contributed by atoms with E-state index < -0.39 is 0 Å². The number of fused-ring (bicyclic) bond motifs is 1. The van der Waals surface area contributed by atoms with Crippen LogP contribution in [0.15, 0.2) is 24.3 Å². The van der Waals surface area contributed by atoms with Gasteiger partial charge in [0.1, 0.15) is 0 Å². The average Bonchev–Trinajstić information content (AvgIpc) is 2.66. The average molecular weight is 346 g/mol. The summed E-state index contributed by atoms with van der Waals surface area (Å²) in [4.78, 5) is 2.62. The summed E-state index contributed by atoms with van der Waals surface area (Å²) in [5, 5.41) is 7.33. The fourth-order valence-electron chi connectivity index (χ4n) is 4.42. The fraction of sp³-hybridized carbons (Fsp3) is 0.714. The number of hydrogen-bond donors (Lipinski definition) is 2. The zero-order valence-electron chi connectivity index (χ0n) is 16.0. The summed E-state index contributed by atoms with van der Waals surface area (Å²) in [7, 11) is 0. The molecule has 1 heterocycles. The van der Waals surface area contributed by atoms with Gasteiger partial charge in [-0.2, -0.15) is 0 Å². The van der Waals surface area contributed by atoms with Crippen LogP contribution in [0, 0.1) is 5.92 Å². The smallest absolute Gasteiger partial charge is 0.0871 e. The molecule has 0 bridgehead atoms. The lowest BCUT2D eigenvalue weighted by Gasteiger charge is -2.43. The Morgan fingerprint density at radius 2 is 2.12 bits per heavy atom. The number of hydrogen-bond acceptors (Lipinski definition) is 4. The van der Waals surface area contributed by atoms with Crippen LogP contribution in [0.25, 0.3) is 0 Å². The minimum Gasteiger partial charge on any atom is -0.373 e. The molecule has 3 rings (SSSR count). The molecule has 1 aromatic rings. The van der Waals surface area contributed by atoms with Crippen molar-refractivity contribution in [2.75, 3.05) is 45.9 Å². The van der Waals surface area contributed by atoms with Gasteiger partial charge in [0.05, 0.1) is 6.10 Å². The first-order valence-electron chi connectivity index (χ1n) is 10.2. The van der Waals surface area contributed by atoms with E-state index in [1.54, 1.807) is 0 Å². The molecule has 140 valence electrons. The summed E-state index contributed by atoms with van der Waals surface area (Å²) in [6.45, 7) is 11.9. The largest absolute Gasteiger partial charge is 0.373 e. The van der Waals surface area contributed by atoms with Crippen molar-refractivity contribution in [2.24, 2.45) is 5.92 Å². The topological polar surface area (TPSA) is 36.5 Å². The van der Waals surface area contributed by atoms with Gasteiger partial charge >= 0.3 is 0 Å². The zero-order valence-corrected chi connectivity index (χ0v) is 16.0. The van der Waals surface area contributed by atoms with Crippen molar-refractivity contribution in [2.45, 2.75) is 45.3 Å². The molecule has 0 saturated carbocycles. The van der Waals surface area contributed by atoms with Gasteiger partial charge < -0.3 is 15.4 Å². The van der Waals surface area contributed by atoms with E-state index >= 15 is 0 Å². The number of nitrogens with zero attached hydrogens (tertiary/aromatic N) is 1. The Bertz CT molecular complexity index is 522. The molecule has 3 atom stereocenters. The Hall–Kier alpha value is -0.940. The molecule has 1 aromatic carbocycles. The Kier molecular flexibility index (Phi) is 7.29. The van der Waals surface area contributed by atoms with Gasteiger partial charge in [-0.15, -0.1) is 0 Å². The van der Waals surface area contributed by atoms with Crippen LogP contribution in [0.2, 0.25) is 0 Å². The molecule has 25 heavy (non-hydrogen) atoms. The Labute approximate surface area is 153 Å². The van der Waals surface area contributed by atoms with Crippen LogP contribution in [0.1, 0.15) is 43.9 Å². The van der Waals surface area contributed by atoms with E-state index in [1.165, 1.54) is 30.4 Å². The fourth-order valence-corrected chi connectivity index (χ4v) is 4.42. The maximum Gasteiger partial charge on any atom is 0.0871 e. The molecule has 2 aliphatic rings. The van der Waals surface area contributed by atoms with Crippen molar-refractivity contribution in [3.05, 3.63) is 35.4 Å². The number of rotatable bonds is 8. The molecule has 1 aliphatic carbocycles. The van der Waals surface area contributed by atoms with Gasteiger partial charge in [-0.25, -0.2) is 0 Å². The number of aryl methyl sites for hydroxylation is 1. The van der Waals surface area contributed by atoms with Gasteiger partial charge in [-0.1, -0.05) is 31.2 Å². The summed E-state index contributed by atoms with van der Waals surface area (Å²) in [5.41, 5.74) is 2.90. The number of benzene rings is 1. The quantitative estimate of drug-likeness (QED) is 0.710. The predicted octanol–water partition coefficient (Wildman–Crippen LogP) is 2.60. The highest BCUT2D eigenvalue weighted by Crippen LogP contribution is 2.39. The van der Waals surface area contributed by atoms with E-state index in [0.29, 0.717) is 12.0 Å². The predicted molar refractivity (Wildman–Crippen MR) is 104 cm³/mol. The third-order valence-electron chi connectivity index (χ3n) is 5.68. The highest BCUT2D eigenvalue weighted by Gasteiger charge is 2.37. The third-order valence-corrected chi connectivity index (χ3v) is 5.68. The first-order valence-corrected chi connectivity index (χ1v) is 10.2. The molecule has 1 fully saturated rings. The van der Waals surface area contributed by atoms with Gasteiger partial charge in [0, 0.05) is 51.3 Å². The van der Waals surface area contributed by atoms with E-state index in [4.69, 9.17) is 4.74 Å². The van der Waals surface area contributed by atoms with E-state index in [-0.39, 0.29) is 6.10 Å². The van der Waals surface area contributed by atoms with Crippen LogP contribution in [-0.2, 0) is 11.2 Å². The molecular weight excluding hydrogens is 310 g/mol. The van der Waals surface area contributed by atoms with Gasteiger partial charge in [-0.05, 0) is 43.9 Å². The SMILES string of the molecule is CCCNCCN1CCNC(C2CCc3ccccc3C2OCC)C1. The highest BCUT2D eigenvalue weighted by molar-refractivity contribution is 5.32. The molecular formula is C21H35N3O. The number of nitrogens with one attached hydrogen (secondary N) is 2. The molecule has 1 saturated heterocycles. The standard InChI is InChI=1S/C21H35N3O/c1-3-11-22-12-14-24-15-13-23-20(16-24)19-10-9-17-7-5-6-8-18(17)21(19)25-4-2/h5-8,19-23H,3-4,9-16H2,1-2H3. The molecule has 2 N–H and O–H groups in total. The highest BCUT2D eigenvalue weighted by atomic mass is 16.5. The molecule has 1 aliphatic heterocycles. The molecule has 4 heteroatoms. The second kappa shape index (κ2) is 9.67. The van der Waals surface area contributed by atoms with Crippen LogP contribution < -0.4 is 10.6 Å². The van der Waals surface area contributed by atoms with Gasteiger partial charge in [0.15, 0.2) is 0 Å². The van der Waals surface area contributed by atoms with Gasteiger partial charge in [0.25, 0.3) is 0 Å². The first-order chi connectivity index (χ1) is 12.3. The van der Waals surface area contributed by atoms with Crippen molar-refractivity contribution >= 4 is 0 Å². The van der Waals surface area contributed by atoms with E-state index in [0.717, 1.165) is 45.9 Å². The minimum atomic E-state index is 0.241. The third kappa shape index (κ3) is 4.82. The number of ether oxygens (including phenoxy) is 1. The van der Waals surface area contributed by atoms with Crippen molar-refractivity contribution in [1.29, 1.82) is 0 Å². The van der Waals surface area contributed by atoms with Crippen LogP contribution in [0.4, 0.5) is 0 Å². The van der Waals surface area contributed by atoms with Crippen molar-refractivity contribution < 1.29 is 4.74 Å². The molecule has 3 unspecified atom stereocenters. The normalized spacial score (nSPS) is 27.2. The first kappa shape index (κ1) is 18.8. The van der Waals surface area contributed by atoms with E-state index in [1.807, 2.05) is 0 Å². The van der Waals surface area contributed by atoms with Gasteiger partial charge in [0.2, 0.25) is 0 Å². The van der Waals surface area contributed by atoms with E-state index in [2.05, 4.69) is 53.6 Å². The lowest BCUT2D eigenvalue weighted by molar-refractivity contribution is -0.0140.